The van der Waals surface area contributed by atoms with Gasteiger partial charge in [0.05, 0.1) is 41.7 Å². The summed E-state index contributed by atoms with van der Waals surface area (Å²) in [4.78, 5) is 0. The van der Waals surface area contributed by atoms with Crippen LogP contribution in [-0.4, -0.2) is 28.4 Å². The average molecular weight is 416 g/mol. The molecule has 1 aliphatic heterocycles. The highest BCUT2D eigenvalue weighted by Crippen LogP contribution is 2.50. The summed E-state index contributed by atoms with van der Waals surface area (Å²) in [7, 11) is 6.77. The predicted octanol–water partition coefficient (Wildman–Crippen LogP) is 5.72. The van der Waals surface area contributed by atoms with Crippen LogP contribution in [0.15, 0.2) is 48.5 Å². The second-order valence-electron chi connectivity index (χ2n) is 7.48. The summed E-state index contributed by atoms with van der Waals surface area (Å²) in [5.41, 5.74) is 4.25. The molecule has 0 atom stereocenters. The van der Waals surface area contributed by atoms with Crippen molar-refractivity contribution in [3.05, 3.63) is 59.7 Å². The lowest BCUT2D eigenvalue weighted by atomic mass is 9.88. The van der Waals surface area contributed by atoms with Crippen LogP contribution in [0.25, 0.3) is 32.7 Å². The van der Waals surface area contributed by atoms with E-state index in [1.807, 2.05) is 36.4 Å². The molecule has 0 unspecified atom stereocenters. The maximum Gasteiger partial charge on any atom is 0.134 e. The van der Waals surface area contributed by atoms with Gasteiger partial charge in [-0.25, -0.2) is 0 Å². The fraction of sp³-hybridized carbons (Fsp3) is 0.231. The minimum absolute atomic E-state index is 0.527. The topological polar surface area (TPSA) is 46.2 Å². The zero-order valence-electron chi connectivity index (χ0n) is 18.1. The molecule has 158 valence electrons. The highest BCUT2D eigenvalue weighted by molar-refractivity contribution is 6.10. The number of hydrogen-bond donors (Lipinski definition) is 0. The van der Waals surface area contributed by atoms with E-state index in [2.05, 4.69) is 12.1 Å². The highest BCUT2D eigenvalue weighted by Gasteiger charge is 2.27. The van der Waals surface area contributed by atoms with Crippen molar-refractivity contribution in [2.75, 3.05) is 28.4 Å². The van der Waals surface area contributed by atoms with Gasteiger partial charge in [0, 0.05) is 32.7 Å². The average Bonchev–Trinajstić information content (AvgIpc) is 3.29. The van der Waals surface area contributed by atoms with Gasteiger partial charge in [-0.15, -0.1) is 0 Å². The lowest BCUT2D eigenvalue weighted by Crippen LogP contribution is -1.99. The van der Waals surface area contributed by atoms with Crippen LogP contribution in [0.4, 0.5) is 0 Å². The van der Waals surface area contributed by atoms with E-state index in [0.29, 0.717) is 13.2 Å². The molecule has 0 N–H and O–H groups in total. The number of benzene rings is 4. The molecule has 0 aromatic heterocycles. The minimum atomic E-state index is 0.527. The number of hydrogen-bond acceptors (Lipinski definition) is 5. The van der Waals surface area contributed by atoms with E-state index in [0.717, 1.165) is 66.8 Å². The summed E-state index contributed by atoms with van der Waals surface area (Å²) < 4.78 is 29.1. The van der Waals surface area contributed by atoms with E-state index >= 15 is 0 Å². The molecule has 4 aromatic carbocycles. The molecule has 0 saturated heterocycles. The second kappa shape index (κ2) is 7.67. The van der Waals surface area contributed by atoms with Crippen molar-refractivity contribution < 1.29 is 23.7 Å². The van der Waals surface area contributed by atoms with Gasteiger partial charge in [-0.1, -0.05) is 24.3 Å². The van der Waals surface area contributed by atoms with Crippen LogP contribution < -0.4 is 18.9 Å². The van der Waals surface area contributed by atoms with Gasteiger partial charge in [0.1, 0.15) is 23.0 Å². The Morgan fingerprint density at radius 3 is 2.10 bits per heavy atom. The van der Waals surface area contributed by atoms with E-state index < -0.39 is 0 Å². The van der Waals surface area contributed by atoms with Crippen LogP contribution in [0.5, 0.6) is 23.0 Å². The molecule has 5 rings (SSSR count). The molecule has 0 amide bonds. The molecular formula is C26H24O5. The SMILES string of the molecule is COc1cc(-c2c3c(cc4c(OC)ccc(OC)c24)COC3)c(OC)c2ccccc12. The molecule has 5 nitrogen and oxygen atoms in total. The monoisotopic (exact) mass is 416 g/mol. The first-order chi connectivity index (χ1) is 15.2. The summed E-state index contributed by atoms with van der Waals surface area (Å²) in [6.45, 7) is 1.09. The first-order valence-corrected chi connectivity index (χ1v) is 10.1. The second-order valence-corrected chi connectivity index (χ2v) is 7.48. The smallest absolute Gasteiger partial charge is 0.134 e. The molecule has 0 saturated carbocycles. The Balaban J connectivity index is 2.00. The predicted molar refractivity (Wildman–Crippen MR) is 122 cm³/mol. The van der Waals surface area contributed by atoms with Crippen molar-refractivity contribution in [3.63, 3.8) is 0 Å². The highest BCUT2D eigenvalue weighted by atomic mass is 16.5. The van der Waals surface area contributed by atoms with E-state index in [4.69, 9.17) is 23.7 Å². The molecule has 31 heavy (non-hydrogen) atoms. The first kappa shape index (κ1) is 19.5. The largest absolute Gasteiger partial charge is 0.496 e. The Kier molecular flexibility index (Phi) is 4.83. The van der Waals surface area contributed by atoms with E-state index in [1.54, 1.807) is 28.4 Å². The molecule has 0 aliphatic carbocycles. The summed E-state index contributed by atoms with van der Waals surface area (Å²) in [5.74, 6) is 3.15. The zero-order chi connectivity index (χ0) is 21.5. The minimum Gasteiger partial charge on any atom is -0.496 e. The summed E-state index contributed by atoms with van der Waals surface area (Å²) in [6.07, 6.45) is 0. The summed E-state index contributed by atoms with van der Waals surface area (Å²) in [5, 5.41) is 3.95. The van der Waals surface area contributed by atoms with Crippen molar-refractivity contribution in [1.82, 2.24) is 0 Å². The Morgan fingerprint density at radius 1 is 0.677 bits per heavy atom. The van der Waals surface area contributed by atoms with Crippen LogP contribution in [0.2, 0.25) is 0 Å². The Labute approximate surface area is 181 Å². The lowest BCUT2D eigenvalue weighted by molar-refractivity contribution is 0.134. The van der Waals surface area contributed by atoms with Crippen LogP contribution in [0.3, 0.4) is 0 Å². The Bertz CT molecular complexity index is 1310. The van der Waals surface area contributed by atoms with E-state index in [9.17, 15) is 0 Å². The van der Waals surface area contributed by atoms with Crippen LogP contribution in [-0.2, 0) is 18.0 Å². The standard InChI is InChI=1S/C26H24O5/c1-27-21-9-10-22(28-2)25-18(21)11-15-13-31-14-20(15)24(25)19-12-23(29-3)16-7-5-6-8-17(16)26(19)30-4/h5-12H,13-14H2,1-4H3. The molecule has 1 heterocycles. The van der Waals surface area contributed by atoms with Gasteiger partial charge < -0.3 is 23.7 Å². The van der Waals surface area contributed by atoms with Crippen LogP contribution in [0, 0.1) is 0 Å². The van der Waals surface area contributed by atoms with Gasteiger partial charge in [-0.3, -0.25) is 0 Å². The summed E-state index contributed by atoms with van der Waals surface area (Å²) >= 11 is 0. The molecule has 0 spiro atoms. The maximum absolute atomic E-state index is 5.98. The third-order valence-electron chi connectivity index (χ3n) is 6.02. The molecule has 0 bridgehead atoms. The summed E-state index contributed by atoms with van der Waals surface area (Å²) in [6, 6.07) is 16.2. The van der Waals surface area contributed by atoms with Gasteiger partial charge in [0.15, 0.2) is 0 Å². The molecule has 5 heteroatoms. The first-order valence-electron chi connectivity index (χ1n) is 10.1. The van der Waals surface area contributed by atoms with Gasteiger partial charge in [-0.2, -0.15) is 0 Å². The Morgan fingerprint density at radius 2 is 1.39 bits per heavy atom. The van der Waals surface area contributed by atoms with Gasteiger partial charge in [0.25, 0.3) is 0 Å². The normalized spacial score (nSPS) is 12.8. The molecule has 0 radical (unpaired) electrons. The van der Waals surface area contributed by atoms with Gasteiger partial charge in [0.2, 0.25) is 0 Å². The molecule has 4 aromatic rings. The lowest BCUT2D eigenvalue weighted by Gasteiger charge is -2.21. The number of methoxy groups -OCH3 is 4. The van der Waals surface area contributed by atoms with Crippen molar-refractivity contribution in [1.29, 1.82) is 0 Å². The van der Waals surface area contributed by atoms with E-state index in [-0.39, 0.29) is 0 Å². The van der Waals surface area contributed by atoms with Crippen molar-refractivity contribution in [2.45, 2.75) is 13.2 Å². The molecular weight excluding hydrogens is 392 g/mol. The number of fused-ring (bicyclic) bond motifs is 3. The number of ether oxygens (including phenoxy) is 5. The maximum atomic E-state index is 5.98. The third kappa shape index (κ3) is 2.88. The third-order valence-corrected chi connectivity index (χ3v) is 6.02. The fourth-order valence-corrected chi connectivity index (χ4v) is 4.65. The quantitative estimate of drug-likeness (QED) is 0.416. The fourth-order valence-electron chi connectivity index (χ4n) is 4.65. The zero-order valence-corrected chi connectivity index (χ0v) is 18.1. The van der Waals surface area contributed by atoms with Crippen LogP contribution in [0.1, 0.15) is 11.1 Å². The van der Waals surface area contributed by atoms with E-state index in [1.165, 1.54) is 0 Å². The van der Waals surface area contributed by atoms with Gasteiger partial charge in [-0.05, 0) is 35.4 Å². The Hall–Kier alpha value is -3.44. The van der Waals surface area contributed by atoms with Crippen LogP contribution >= 0.6 is 0 Å². The van der Waals surface area contributed by atoms with Crippen molar-refractivity contribution in [3.8, 4) is 34.1 Å². The molecule has 1 aliphatic rings. The number of rotatable bonds is 5. The van der Waals surface area contributed by atoms with Crippen molar-refractivity contribution >= 4 is 21.5 Å². The molecule has 0 fully saturated rings. The van der Waals surface area contributed by atoms with Crippen molar-refractivity contribution in [2.24, 2.45) is 0 Å². The van der Waals surface area contributed by atoms with Gasteiger partial charge >= 0.3 is 0 Å².